The van der Waals surface area contributed by atoms with Gasteiger partial charge < -0.3 is 19.7 Å². The number of allylic oxidation sites excluding steroid dienone is 2. The van der Waals surface area contributed by atoms with Gasteiger partial charge in [0.15, 0.2) is 0 Å². The molecular formula is C23H22FN3O4. The third-order valence-electron chi connectivity index (χ3n) is 5.18. The molecule has 0 spiro atoms. The Labute approximate surface area is 178 Å². The molecule has 31 heavy (non-hydrogen) atoms. The highest BCUT2D eigenvalue weighted by atomic mass is 19.1. The Bertz CT molecular complexity index is 1170. The molecule has 1 amide bonds. The van der Waals surface area contributed by atoms with Crippen LogP contribution in [-0.4, -0.2) is 28.7 Å². The monoisotopic (exact) mass is 423 g/mol. The Morgan fingerprint density at radius 1 is 1.45 bits per heavy atom. The normalized spacial score (nSPS) is 16.5. The second-order valence-corrected chi connectivity index (χ2v) is 7.16. The second kappa shape index (κ2) is 8.88. The molecule has 2 heterocycles. The van der Waals surface area contributed by atoms with E-state index in [1.54, 1.807) is 25.1 Å². The van der Waals surface area contributed by atoms with Crippen LogP contribution in [0.15, 0.2) is 47.3 Å². The molecule has 2 N–H and O–H groups in total. The summed E-state index contributed by atoms with van der Waals surface area (Å²) in [5, 5.41) is 22.2. The van der Waals surface area contributed by atoms with Crippen LogP contribution in [0.2, 0.25) is 0 Å². The van der Waals surface area contributed by atoms with Crippen molar-refractivity contribution in [3.05, 3.63) is 81.0 Å². The Morgan fingerprint density at radius 3 is 2.71 bits per heavy atom. The van der Waals surface area contributed by atoms with Gasteiger partial charge in [-0.05, 0) is 24.6 Å². The minimum atomic E-state index is -0.704. The molecule has 0 saturated heterocycles. The van der Waals surface area contributed by atoms with E-state index in [-0.39, 0.29) is 24.3 Å². The SMILES string of the molecule is C=C/C(Cc1ccc(F)cc1)=C1/OC(CC#N)Cn2c1c(C)c(O)c(C(=O)NC)c2=O. The zero-order valence-corrected chi connectivity index (χ0v) is 17.2. The van der Waals surface area contributed by atoms with Crippen molar-refractivity contribution in [2.75, 3.05) is 7.05 Å². The van der Waals surface area contributed by atoms with Crippen LogP contribution in [0, 0.1) is 24.1 Å². The maximum Gasteiger partial charge on any atom is 0.267 e. The second-order valence-electron chi connectivity index (χ2n) is 7.16. The predicted octanol–water partition coefficient (Wildman–Crippen LogP) is 2.81. The lowest BCUT2D eigenvalue weighted by molar-refractivity contribution is 0.0953. The molecule has 1 aromatic heterocycles. The number of hydrogen-bond acceptors (Lipinski definition) is 5. The van der Waals surface area contributed by atoms with E-state index in [4.69, 9.17) is 10.00 Å². The molecule has 0 bridgehead atoms. The Balaban J connectivity index is 2.27. The van der Waals surface area contributed by atoms with Crippen LogP contribution in [0.5, 0.6) is 5.75 Å². The molecule has 7 nitrogen and oxygen atoms in total. The molecule has 1 unspecified atom stereocenters. The topological polar surface area (TPSA) is 104 Å². The number of nitrogens with one attached hydrogen (secondary N) is 1. The molecule has 1 aliphatic heterocycles. The molecule has 0 aliphatic carbocycles. The molecule has 0 fully saturated rings. The van der Waals surface area contributed by atoms with Crippen molar-refractivity contribution in [2.24, 2.45) is 0 Å². The summed E-state index contributed by atoms with van der Waals surface area (Å²) in [4.78, 5) is 25.3. The van der Waals surface area contributed by atoms with Crippen LogP contribution in [-0.2, 0) is 17.7 Å². The fraction of sp³-hybridized carbons (Fsp3) is 0.261. The molecule has 1 aliphatic rings. The quantitative estimate of drug-likeness (QED) is 0.770. The van der Waals surface area contributed by atoms with Crippen LogP contribution >= 0.6 is 0 Å². The molecule has 8 heteroatoms. The molecule has 1 aromatic carbocycles. The van der Waals surface area contributed by atoms with Gasteiger partial charge in [-0.1, -0.05) is 24.8 Å². The highest BCUT2D eigenvalue weighted by Crippen LogP contribution is 2.35. The molecular weight excluding hydrogens is 401 g/mol. The van der Waals surface area contributed by atoms with E-state index < -0.39 is 23.3 Å². The van der Waals surface area contributed by atoms with Crippen molar-refractivity contribution in [2.45, 2.75) is 32.4 Å². The van der Waals surface area contributed by atoms with Crippen LogP contribution in [0.3, 0.4) is 0 Å². The number of pyridine rings is 1. The fourth-order valence-electron chi connectivity index (χ4n) is 3.60. The number of nitrogens with zero attached hydrogens (tertiary/aromatic N) is 2. The minimum Gasteiger partial charge on any atom is -0.507 e. The Morgan fingerprint density at radius 2 is 2.13 bits per heavy atom. The van der Waals surface area contributed by atoms with Crippen molar-refractivity contribution < 1.29 is 19.0 Å². The number of aromatic hydroxyl groups is 1. The average Bonchev–Trinajstić information content (AvgIpc) is 2.76. The summed E-state index contributed by atoms with van der Waals surface area (Å²) < 4.78 is 20.7. The molecule has 160 valence electrons. The number of rotatable bonds is 5. The Kier molecular flexibility index (Phi) is 6.25. The van der Waals surface area contributed by atoms with Gasteiger partial charge in [0.25, 0.3) is 11.5 Å². The number of fused-ring (bicyclic) bond motifs is 1. The predicted molar refractivity (Wildman–Crippen MR) is 113 cm³/mol. The summed E-state index contributed by atoms with van der Waals surface area (Å²) in [6.45, 7) is 5.47. The van der Waals surface area contributed by atoms with E-state index in [0.717, 1.165) is 5.56 Å². The maximum atomic E-state index is 13.3. The first-order valence-corrected chi connectivity index (χ1v) is 9.64. The van der Waals surface area contributed by atoms with E-state index in [1.165, 1.54) is 23.7 Å². The molecule has 2 aromatic rings. The van der Waals surface area contributed by atoms with E-state index in [0.29, 0.717) is 29.0 Å². The largest absolute Gasteiger partial charge is 0.507 e. The van der Waals surface area contributed by atoms with Gasteiger partial charge in [-0.25, -0.2) is 4.39 Å². The number of ether oxygens (including phenoxy) is 1. The van der Waals surface area contributed by atoms with E-state index >= 15 is 0 Å². The first-order valence-electron chi connectivity index (χ1n) is 9.64. The van der Waals surface area contributed by atoms with Gasteiger partial charge in [0.2, 0.25) is 0 Å². The average molecular weight is 423 g/mol. The summed E-state index contributed by atoms with van der Waals surface area (Å²) in [6, 6.07) is 7.97. The minimum absolute atomic E-state index is 0.0194. The number of hydrogen-bond donors (Lipinski definition) is 2. The molecule has 3 rings (SSSR count). The highest BCUT2D eigenvalue weighted by Gasteiger charge is 2.32. The highest BCUT2D eigenvalue weighted by molar-refractivity contribution is 5.97. The number of carbonyl (C=O) groups is 1. The summed E-state index contributed by atoms with van der Waals surface area (Å²) >= 11 is 0. The van der Waals surface area contributed by atoms with Crippen molar-refractivity contribution >= 4 is 11.7 Å². The number of nitriles is 1. The van der Waals surface area contributed by atoms with Crippen LogP contribution < -0.4 is 10.9 Å². The lowest BCUT2D eigenvalue weighted by Crippen LogP contribution is -2.40. The molecule has 0 radical (unpaired) electrons. The van der Waals surface area contributed by atoms with Crippen LogP contribution in [0.1, 0.15) is 33.6 Å². The first-order chi connectivity index (χ1) is 14.8. The molecule has 1 atom stereocenters. The number of carbonyl (C=O) groups excluding carboxylic acids is 1. The van der Waals surface area contributed by atoms with Gasteiger partial charge >= 0.3 is 0 Å². The van der Waals surface area contributed by atoms with Gasteiger partial charge in [0.1, 0.15) is 29.0 Å². The first kappa shape index (κ1) is 21.8. The van der Waals surface area contributed by atoms with Crippen molar-refractivity contribution in [3.63, 3.8) is 0 Å². The number of benzene rings is 1. The van der Waals surface area contributed by atoms with Gasteiger partial charge in [-0.15, -0.1) is 0 Å². The number of amides is 1. The lowest BCUT2D eigenvalue weighted by atomic mass is 9.98. The maximum absolute atomic E-state index is 13.3. The summed E-state index contributed by atoms with van der Waals surface area (Å²) in [7, 11) is 1.37. The van der Waals surface area contributed by atoms with Crippen molar-refractivity contribution in [3.8, 4) is 11.8 Å². The summed E-state index contributed by atoms with van der Waals surface area (Å²) in [5.41, 5.74) is 0.958. The van der Waals surface area contributed by atoms with Crippen LogP contribution in [0.25, 0.3) is 5.76 Å². The van der Waals surface area contributed by atoms with Crippen molar-refractivity contribution in [1.29, 1.82) is 5.26 Å². The molecule has 0 saturated carbocycles. The van der Waals surface area contributed by atoms with Gasteiger partial charge in [-0.3, -0.25) is 9.59 Å². The summed E-state index contributed by atoms with van der Waals surface area (Å²) in [6.07, 6.45) is 1.27. The van der Waals surface area contributed by atoms with Crippen molar-refractivity contribution in [1.82, 2.24) is 9.88 Å². The van der Waals surface area contributed by atoms with E-state index in [2.05, 4.69) is 11.9 Å². The summed E-state index contributed by atoms with van der Waals surface area (Å²) in [5.74, 6) is -1.20. The smallest absolute Gasteiger partial charge is 0.267 e. The lowest BCUT2D eigenvalue weighted by Gasteiger charge is -2.31. The Hall–Kier alpha value is -3.86. The van der Waals surface area contributed by atoms with Gasteiger partial charge in [-0.2, -0.15) is 5.26 Å². The van der Waals surface area contributed by atoms with E-state index in [9.17, 15) is 19.1 Å². The number of halogens is 1. The zero-order valence-electron chi connectivity index (χ0n) is 17.2. The van der Waals surface area contributed by atoms with E-state index in [1.807, 2.05) is 6.07 Å². The zero-order chi connectivity index (χ0) is 22.7. The third kappa shape index (κ3) is 4.08. The standard InChI is InChI=1S/C23H22FN3O4/c1-4-15(11-14-5-7-16(24)8-6-14)21-19-13(2)20(28)18(22(29)26-3)23(30)27(19)12-17(31-21)9-10-25/h4-8,17,28H,1,9,11-12H2,2-3H3,(H,26,29)/b21-15-. The van der Waals surface area contributed by atoms with Gasteiger partial charge in [0, 0.05) is 24.6 Å². The van der Waals surface area contributed by atoms with Crippen LogP contribution in [0.4, 0.5) is 4.39 Å². The fourth-order valence-corrected chi connectivity index (χ4v) is 3.60. The van der Waals surface area contributed by atoms with Gasteiger partial charge in [0.05, 0.1) is 24.7 Å². The number of aromatic nitrogens is 1. The third-order valence-corrected chi connectivity index (χ3v) is 5.18.